The number of aromatic hydroxyl groups is 1. The minimum atomic E-state index is -0.788. The van der Waals surface area contributed by atoms with Crippen LogP contribution < -0.4 is 5.32 Å². The topological polar surface area (TPSA) is 58.6 Å². The van der Waals surface area contributed by atoms with Gasteiger partial charge < -0.3 is 15.2 Å². The number of carbonyl (C=O) groups is 1. The summed E-state index contributed by atoms with van der Waals surface area (Å²) in [5, 5.41) is 12.0. The van der Waals surface area contributed by atoms with Crippen molar-refractivity contribution >= 4 is 5.91 Å². The molecule has 2 N–H and O–H groups in total. The van der Waals surface area contributed by atoms with E-state index in [1.807, 2.05) is 19.1 Å². The zero-order chi connectivity index (χ0) is 13.6. The molecule has 0 saturated carbocycles. The van der Waals surface area contributed by atoms with E-state index in [1.165, 1.54) is 0 Å². The van der Waals surface area contributed by atoms with E-state index in [4.69, 9.17) is 9.84 Å². The highest BCUT2D eigenvalue weighted by Gasteiger charge is 2.27. The standard InChI is InChI=1S/C14H21NO3/c1-4-18-14(2,3)13(17)15-10-9-11-5-7-12(16)8-6-11/h5-8,16H,4,9-10H2,1-3H3,(H,15,17). The maximum Gasteiger partial charge on any atom is 0.251 e. The van der Waals surface area contributed by atoms with Crippen LogP contribution in [0.15, 0.2) is 24.3 Å². The summed E-state index contributed by atoms with van der Waals surface area (Å²) in [6, 6.07) is 6.97. The van der Waals surface area contributed by atoms with Crippen molar-refractivity contribution in [2.45, 2.75) is 32.8 Å². The number of hydrogen-bond donors (Lipinski definition) is 2. The molecule has 1 amide bonds. The first-order valence-corrected chi connectivity index (χ1v) is 6.16. The van der Waals surface area contributed by atoms with E-state index in [9.17, 15) is 4.79 Å². The molecule has 4 nitrogen and oxygen atoms in total. The summed E-state index contributed by atoms with van der Waals surface area (Å²) < 4.78 is 5.36. The van der Waals surface area contributed by atoms with Crippen molar-refractivity contribution in [3.63, 3.8) is 0 Å². The van der Waals surface area contributed by atoms with Gasteiger partial charge in [-0.15, -0.1) is 0 Å². The lowest BCUT2D eigenvalue weighted by atomic mass is 10.1. The molecule has 0 aromatic heterocycles. The molecule has 0 heterocycles. The van der Waals surface area contributed by atoms with Gasteiger partial charge in [0, 0.05) is 13.2 Å². The van der Waals surface area contributed by atoms with E-state index in [0.717, 1.165) is 12.0 Å². The van der Waals surface area contributed by atoms with Crippen molar-refractivity contribution in [3.8, 4) is 5.75 Å². The van der Waals surface area contributed by atoms with E-state index in [-0.39, 0.29) is 11.7 Å². The van der Waals surface area contributed by atoms with Crippen LogP contribution >= 0.6 is 0 Å². The third kappa shape index (κ3) is 4.37. The molecule has 0 bridgehead atoms. The number of hydrogen-bond acceptors (Lipinski definition) is 3. The first-order chi connectivity index (χ1) is 8.45. The monoisotopic (exact) mass is 251 g/mol. The number of carbonyl (C=O) groups excluding carboxylic acids is 1. The van der Waals surface area contributed by atoms with Crippen LogP contribution in [0.3, 0.4) is 0 Å². The van der Waals surface area contributed by atoms with Gasteiger partial charge in [-0.25, -0.2) is 0 Å². The van der Waals surface area contributed by atoms with E-state index in [0.29, 0.717) is 13.2 Å². The van der Waals surface area contributed by atoms with Crippen LogP contribution in [0.5, 0.6) is 5.75 Å². The number of benzene rings is 1. The lowest BCUT2D eigenvalue weighted by Gasteiger charge is -2.23. The maximum absolute atomic E-state index is 11.8. The number of phenolic OH excluding ortho intramolecular Hbond substituents is 1. The first-order valence-electron chi connectivity index (χ1n) is 6.16. The molecule has 0 aliphatic rings. The van der Waals surface area contributed by atoms with E-state index in [2.05, 4.69) is 5.32 Å². The average Bonchev–Trinajstić information content (AvgIpc) is 2.31. The molecule has 1 aromatic rings. The molecule has 100 valence electrons. The molecule has 0 fully saturated rings. The van der Waals surface area contributed by atoms with Crippen molar-refractivity contribution < 1.29 is 14.6 Å². The fraction of sp³-hybridized carbons (Fsp3) is 0.500. The molecule has 1 aromatic carbocycles. The molecular formula is C14H21NO3. The van der Waals surface area contributed by atoms with Gasteiger partial charge in [-0.1, -0.05) is 12.1 Å². The van der Waals surface area contributed by atoms with Gasteiger partial charge in [0.15, 0.2) is 0 Å². The van der Waals surface area contributed by atoms with Gasteiger partial charge in [0.2, 0.25) is 0 Å². The predicted molar refractivity (Wildman–Crippen MR) is 70.5 cm³/mol. The molecule has 4 heteroatoms. The molecule has 0 unspecified atom stereocenters. The smallest absolute Gasteiger partial charge is 0.251 e. The van der Waals surface area contributed by atoms with Crippen LogP contribution in [0.1, 0.15) is 26.3 Å². The Balaban J connectivity index is 2.37. The van der Waals surface area contributed by atoms with Gasteiger partial charge in [0.05, 0.1) is 0 Å². The fourth-order valence-corrected chi connectivity index (χ4v) is 1.62. The lowest BCUT2D eigenvalue weighted by Crippen LogP contribution is -2.44. The molecule has 0 aliphatic heterocycles. The van der Waals surface area contributed by atoms with Crippen LogP contribution in [0.25, 0.3) is 0 Å². The number of ether oxygens (including phenoxy) is 1. The van der Waals surface area contributed by atoms with E-state index >= 15 is 0 Å². The van der Waals surface area contributed by atoms with E-state index < -0.39 is 5.60 Å². The number of nitrogens with one attached hydrogen (secondary N) is 1. The van der Waals surface area contributed by atoms with Crippen LogP contribution in [0, 0.1) is 0 Å². The van der Waals surface area contributed by atoms with Crippen molar-refractivity contribution in [2.24, 2.45) is 0 Å². The summed E-state index contributed by atoms with van der Waals surface area (Å²) in [6.07, 6.45) is 0.730. The van der Waals surface area contributed by atoms with Crippen LogP contribution in [0.4, 0.5) is 0 Å². The first kappa shape index (κ1) is 14.5. The molecule has 18 heavy (non-hydrogen) atoms. The molecular weight excluding hydrogens is 230 g/mol. The Morgan fingerprint density at radius 2 is 1.94 bits per heavy atom. The predicted octanol–water partition coefficient (Wildman–Crippen LogP) is 1.87. The Hall–Kier alpha value is -1.55. The van der Waals surface area contributed by atoms with Crippen molar-refractivity contribution in [2.75, 3.05) is 13.2 Å². The van der Waals surface area contributed by atoms with Crippen molar-refractivity contribution in [1.29, 1.82) is 0 Å². The maximum atomic E-state index is 11.8. The zero-order valence-corrected chi connectivity index (χ0v) is 11.2. The zero-order valence-electron chi connectivity index (χ0n) is 11.2. The third-order valence-corrected chi connectivity index (χ3v) is 2.69. The largest absolute Gasteiger partial charge is 0.508 e. The second-order valence-electron chi connectivity index (χ2n) is 4.62. The summed E-state index contributed by atoms with van der Waals surface area (Å²) in [7, 11) is 0. The average molecular weight is 251 g/mol. The van der Waals surface area contributed by atoms with Crippen LogP contribution in [-0.4, -0.2) is 29.8 Å². The fourth-order valence-electron chi connectivity index (χ4n) is 1.62. The van der Waals surface area contributed by atoms with Crippen molar-refractivity contribution in [1.82, 2.24) is 5.32 Å². The molecule has 0 aliphatic carbocycles. The minimum absolute atomic E-state index is 0.108. The van der Waals surface area contributed by atoms with Gasteiger partial charge in [-0.3, -0.25) is 4.79 Å². The second-order valence-corrected chi connectivity index (χ2v) is 4.62. The Kier molecular flexibility index (Phi) is 5.16. The Labute approximate surface area is 108 Å². The summed E-state index contributed by atoms with van der Waals surface area (Å²) in [6.45, 7) is 6.45. The summed E-state index contributed by atoms with van der Waals surface area (Å²) in [5.41, 5.74) is 0.284. The Bertz CT molecular complexity index is 385. The molecule has 0 radical (unpaired) electrons. The summed E-state index contributed by atoms with van der Waals surface area (Å²) in [4.78, 5) is 11.8. The number of phenols is 1. The highest BCUT2D eigenvalue weighted by atomic mass is 16.5. The van der Waals surface area contributed by atoms with Gasteiger partial charge in [0.25, 0.3) is 5.91 Å². The number of rotatable bonds is 6. The molecule has 1 rings (SSSR count). The van der Waals surface area contributed by atoms with Gasteiger partial charge >= 0.3 is 0 Å². The summed E-state index contributed by atoms with van der Waals surface area (Å²) >= 11 is 0. The van der Waals surface area contributed by atoms with Crippen LogP contribution in [0.2, 0.25) is 0 Å². The SMILES string of the molecule is CCOC(C)(C)C(=O)NCCc1ccc(O)cc1. The van der Waals surface area contributed by atoms with Crippen LogP contribution in [-0.2, 0) is 16.0 Å². The van der Waals surface area contributed by atoms with Gasteiger partial charge in [-0.2, -0.15) is 0 Å². The highest BCUT2D eigenvalue weighted by molar-refractivity contribution is 5.84. The molecule has 0 spiro atoms. The number of amides is 1. The van der Waals surface area contributed by atoms with Gasteiger partial charge in [0.1, 0.15) is 11.4 Å². The molecule has 0 atom stereocenters. The van der Waals surface area contributed by atoms with Gasteiger partial charge in [-0.05, 0) is 44.9 Å². The lowest BCUT2D eigenvalue weighted by molar-refractivity contribution is -0.142. The summed E-state index contributed by atoms with van der Waals surface area (Å²) in [5.74, 6) is 0.142. The highest BCUT2D eigenvalue weighted by Crippen LogP contribution is 2.11. The minimum Gasteiger partial charge on any atom is -0.508 e. The Morgan fingerprint density at radius 1 is 1.33 bits per heavy atom. The van der Waals surface area contributed by atoms with E-state index in [1.54, 1.807) is 26.0 Å². The third-order valence-electron chi connectivity index (χ3n) is 2.69. The van der Waals surface area contributed by atoms with Crippen molar-refractivity contribution in [3.05, 3.63) is 29.8 Å². The normalized spacial score (nSPS) is 11.3. The molecule has 0 saturated heterocycles. The second kappa shape index (κ2) is 6.40. The quantitative estimate of drug-likeness (QED) is 0.811. The Morgan fingerprint density at radius 3 is 2.50 bits per heavy atom.